The third-order valence-corrected chi connectivity index (χ3v) is 5.29. The number of rotatable bonds is 3. The van der Waals surface area contributed by atoms with Crippen LogP contribution in [-0.4, -0.2) is 0 Å². The fourth-order valence-corrected chi connectivity index (χ4v) is 3.46. The van der Waals surface area contributed by atoms with Crippen LogP contribution in [0.2, 0.25) is 0 Å². The summed E-state index contributed by atoms with van der Waals surface area (Å²) < 4.78 is 13.8. The first-order valence-corrected chi connectivity index (χ1v) is 7.33. The van der Waals surface area contributed by atoms with E-state index < -0.39 is 0 Å². The molecule has 0 nitrogen and oxygen atoms in total. The van der Waals surface area contributed by atoms with Crippen LogP contribution in [0.5, 0.6) is 0 Å². The molecule has 0 spiro atoms. The average molecular weight is 313 g/mol. The molecule has 0 N–H and O–H groups in total. The highest BCUT2D eigenvalue weighted by molar-refractivity contribution is 9.09. The lowest BCUT2D eigenvalue weighted by Gasteiger charge is -2.10. The zero-order valence-corrected chi connectivity index (χ0v) is 12.2. The third-order valence-electron chi connectivity index (χ3n) is 2.71. The second kappa shape index (κ2) is 5.32. The molecule has 0 aliphatic carbocycles. The van der Waals surface area contributed by atoms with E-state index in [0.29, 0.717) is 0 Å². The van der Waals surface area contributed by atoms with Crippen LogP contribution in [-0.2, 0) is 6.42 Å². The van der Waals surface area contributed by atoms with Crippen LogP contribution in [0.4, 0.5) is 4.39 Å². The van der Waals surface area contributed by atoms with Gasteiger partial charge in [-0.1, -0.05) is 40.5 Å². The lowest BCUT2D eigenvalue weighted by molar-refractivity contribution is 0.613. The first-order valence-electron chi connectivity index (χ1n) is 5.60. The Hall–Kier alpha value is -0.670. The molecular weight excluding hydrogens is 299 g/mol. The van der Waals surface area contributed by atoms with Crippen LogP contribution in [0.25, 0.3) is 0 Å². The van der Waals surface area contributed by atoms with Crippen molar-refractivity contribution in [1.29, 1.82) is 0 Å². The molecule has 0 saturated carbocycles. The molecule has 2 aromatic rings. The van der Waals surface area contributed by atoms with Crippen LogP contribution in [0.15, 0.2) is 30.3 Å². The molecule has 1 heterocycles. The lowest BCUT2D eigenvalue weighted by atomic mass is 10.1. The Morgan fingerprint density at radius 3 is 2.71 bits per heavy atom. The van der Waals surface area contributed by atoms with Crippen molar-refractivity contribution in [3.05, 3.63) is 57.0 Å². The van der Waals surface area contributed by atoms with Crippen LogP contribution in [0, 0.1) is 12.7 Å². The Balaban J connectivity index is 2.35. The van der Waals surface area contributed by atoms with Crippen molar-refractivity contribution in [3.63, 3.8) is 0 Å². The van der Waals surface area contributed by atoms with Gasteiger partial charge in [0.05, 0.1) is 4.83 Å². The van der Waals surface area contributed by atoms with E-state index in [-0.39, 0.29) is 10.6 Å². The minimum atomic E-state index is -0.149. The van der Waals surface area contributed by atoms with Gasteiger partial charge in [0, 0.05) is 15.3 Å². The zero-order chi connectivity index (χ0) is 12.4. The van der Waals surface area contributed by atoms with Crippen LogP contribution < -0.4 is 0 Å². The average Bonchev–Trinajstić information content (AvgIpc) is 2.80. The van der Waals surface area contributed by atoms with Crippen molar-refractivity contribution in [2.45, 2.75) is 25.1 Å². The maximum atomic E-state index is 13.8. The van der Waals surface area contributed by atoms with Gasteiger partial charge in [0.15, 0.2) is 0 Å². The second-order valence-electron chi connectivity index (χ2n) is 4.05. The van der Waals surface area contributed by atoms with Gasteiger partial charge in [-0.05, 0) is 31.5 Å². The van der Waals surface area contributed by atoms with E-state index in [2.05, 4.69) is 35.0 Å². The monoisotopic (exact) mass is 312 g/mol. The molecule has 0 bridgehead atoms. The summed E-state index contributed by atoms with van der Waals surface area (Å²) in [7, 11) is 0. The largest absolute Gasteiger partial charge is 0.207 e. The van der Waals surface area contributed by atoms with Crippen LogP contribution >= 0.6 is 27.3 Å². The number of benzene rings is 1. The van der Waals surface area contributed by atoms with Gasteiger partial charge in [-0.3, -0.25) is 0 Å². The van der Waals surface area contributed by atoms with E-state index in [1.54, 1.807) is 17.4 Å². The van der Waals surface area contributed by atoms with Gasteiger partial charge in [0.25, 0.3) is 0 Å². The van der Waals surface area contributed by atoms with E-state index in [9.17, 15) is 4.39 Å². The van der Waals surface area contributed by atoms with Crippen molar-refractivity contribution >= 4 is 27.3 Å². The Morgan fingerprint density at radius 1 is 1.29 bits per heavy atom. The normalized spacial score (nSPS) is 12.7. The molecule has 1 aromatic carbocycles. The Morgan fingerprint density at radius 2 is 2.06 bits per heavy atom. The fourth-order valence-electron chi connectivity index (χ4n) is 1.73. The topological polar surface area (TPSA) is 0 Å². The number of halogens is 2. The van der Waals surface area contributed by atoms with Gasteiger partial charge in [-0.2, -0.15) is 0 Å². The van der Waals surface area contributed by atoms with Gasteiger partial charge in [-0.15, -0.1) is 11.3 Å². The zero-order valence-electron chi connectivity index (χ0n) is 9.84. The molecule has 0 amide bonds. The van der Waals surface area contributed by atoms with E-state index in [1.165, 1.54) is 10.9 Å². The quantitative estimate of drug-likeness (QED) is 0.680. The molecule has 0 aliphatic heterocycles. The molecular formula is C14H14BrFS. The highest BCUT2D eigenvalue weighted by Crippen LogP contribution is 2.36. The Kier molecular flexibility index (Phi) is 4.00. The van der Waals surface area contributed by atoms with Crippen molar-refractivity contribution in [3.8, 4) is 0 Å². The molecule has 0 saturated heterocycles. The maximum absolute atomic E-state index is 13.8. The molecule has 1 unspecified atom stereocenters. The van der Waals surface area contributed by atoms with Gasteiger partial charge >= 0.3 is 0 Å². The number of aryl methyl sites for hydroxylation is 2. The van der Waals surface area contributed by atoms with Gasteiger partial charge in [0.2, 0.25) is 0 Å². The van der Waals surface area contributed by atoms with Crippen LogP contribution in [0.3, 0.4) is 0 Å². The predicted molar refractivity (Wildman–Crippen MR) is 75.6 cm³/mol. The second-order valence-corrected chi connectivity index (χ2v) is 6.16. The Bertz CT molecular complexity index is 519. The van der Waals surface area contributed by atoms with Crippen molar-refractivity contribution in [1.82, 2.24) is 0 Å². The van der Waals surface area contributed by atoms with Gasteiger partial charge in [-0.25, -0.2) is 4.39 Å². The summed E-state index contributed by atoms with van der Waals surface area (Å²) in [6, 6.07) is 9.42. The smallest absolute Gasteiger partial charge is 0.127 e. The maximum Gasteiger partial charge on any atom is 0.127 e. The summed E-state index contributed by atoms with van der Waals surface area (Å²) in [4.78, 5) is 2.44. The first-order chi connectivity index (χ1) is 8.11. The van der Waals surface area contributed by atoms with Crippen molar-refractivity contribution < 1.29 is 4.39 Å². The van der Waals surface area contributed by atoms with E-state index >= 15 is 0 Å². The molecule has 2 rings (SSSR count). The molecule has 0 radical (unpaired) electrons. The summed E-state index contributed by atoms with van der Waals surface area (Å²) >= 11 is 5.33. The highest BCUT2D eigenvalue weighted by Gasteiger charge is 2.16. The Labute approximate surface area is 114 Å². The van der Waals surface area contributed by atoms with E-state index in [4.69, 9.17) is 0 Å². The van der Waals surface area contributed by atoms with Gasteiger partial charge in [0.1, 0.15) is 5.82 Å². The summed E-state index contributed by atoms with van der Waals surface area (Å²) in [6.07, 6.45) is 1.03. The number of hydrogen-bond acceptors (Lipinski definition) is 1. The molecule has 1 aromatic heterocycles. The number of thiophene rings is 1. The molecule has 3 heteroatoms. The molecule has 0 fully saturated rings. The fraction of sp³-hybridized carbons (Fsp3) is 0.286. The summed E-state index contributed by atoms with van der Waals surface area (Å²) in [5.74, 6) is -0.149. The number of alkyl halides is 1. The van der Waals surface area contributed by atoms with E-state index in [0.717, 1.165) is 22.4 Å². The summed E-state index contributed by atoms with van der Waals surface area (Å²) in [6.45, 7) is 4.11. The minimum Gasteiger partial charge on any atom is -0.207 e. The predicted octanol–water partition coefficient (Wildman–Crippen LogP) is 5.24. The highest BCUT2D eigenvalue weighted by atomic mass is 79.9. The van der Waals surface area contributed by atoms with Crippen LogP contribution in [0.1, 0.15) is 32.6 Å². The molecule has 90 valence electrons. The standard InChI is InChI=1S/C14H14BrFS/c1-3-10-5-7-13(17-10)14(15)11-8-9(2)4-6-12(11)16/h4-8,14H,3H2,1-2H3. The van der Waals surface area contributed by atoms with Gasteiger partial charge < -0.3 is 0 Å². The minimum absolute atomic E-state index is 0.0484. The SMILES string of the molecule is CCc1ccc(C(Br)c2cc(C)ccc2F)s1. The summed E-state index contributed by atoms with van der Waals surface area (Å²) in [5.41, 5.74) is 1.80. The summed E-state index contributed by atoms with van der Waals surface area (Å²) in [5, 5.41) is 0. The van der Waals surface area contributed by atoms with E-state index in [1.807, 2.05) is 13.0 Å². The number of hydrogen-bond donors (Lipinski definition) is 0. The third kappa shape index (κ3) is 2.78. The molecule has 0 aliphatic rings. The first kappa shape index (κ1) is 12.8. The lowest BCUT2D eigenvalue weighted by Crippen LogP contribution is -1.95. The van der Waals surface area contributed by atoms with Crippen molar-refractivity contribution in [2.75, 3.05) is 0 Å². The molecule has 17 heavy (non-hydrogen) atoms. The molecule has 1 atom stereocenters. The van der Waals surface area contributed by atoms with Crippen molar-refractivity contribution in [2.24, 2.45) is 0 Å².